The van der Waals surface area contributed by atoms with E-state index >= 15 is 0 Å². The molecule has 0 radical (unpaired) electrons. The molecule has 0 unspecified atom stereocenters. The Bertz CT molecular complexity index is 1390. The predicted octanol–water partition coefficient (Wildman–Crippen LogP) is 5.98. The highest BCUT2D eigenvalue weighted by atomic mass is 16.6. The van der Waals surface area contributed by atoms with Crippen LogP contribution in [0, 0.1) is 0 Å². The van der Waals surface area contributed by atoms with Crippen molar-refractivity contribution in [2.75, 3.05) is 64.0 Å². The summed E-state index contributed by atoms with van der Waals surface area (Å²) in [5.74, 6) is 0.0849. The average Bonchev–Trinajstić information content (AvgIpc) is 3.09. The van der Waals surface area contributed by atoms with Gasteiger partial charge in [0, 0.05) is 65.3 Å². The molecular formula is C36H48N6O4. The van der Waals surface area contributed by atoms with Crippen LogP contribution in [0.3, 0.4) is 0 Å². The van der Waals surface area contributed by atoms with Crippen LogP contribution in [-0.4, -0.2) is 97.1 Å². The van der Waals surface area contributed by atoms with E-state index in [1.54, 1.807) is 24.2 Å². The van der Waals surface area contributed by atoms with Crippen LogP contribution in [0.2, 0.25) is 0 Å². The summed E-state index contributed by atoms with van der Waals surface area (Å²) in [4.78, 5) is 47.6. The summed E-state index contributed by atoms with van der Waals surface area (Å²) in [6.07, 6.45) is 5.97. The molecule has 4 rings (SSSR count). The summed E-state index contributed by atoms with van der Waals surface area (Å²) in [7, 11) is 3.63. The third-order valence-corrected chi connectivity index (χ3v) is 8.43. The Labute approximate surface area is 273 Å². The third kappa shape index (κ3) is 10.6. The van der Waals surface area contributed by atoms with Crippen molar-refractivity contribution in [3.05, 3.63) is 78.6 Å². The molecule has 1 aromatic heterocycles. The van der Waals surface area contributed by atoms with Gasteiger partial charge in [-0.05, 0) is 56.4 Å². The van der Waals surface area contributed by atoms with E-state index in [-0.39, 0.29) is 17.9 Å². The smallest absolute Gasteiger partial charge is 0.411 e. The molecule has 2 heterocycles. The maximum absolute atomic E-state index is 12.7. The minimum absolute atomic E-state index is 0.0819. The molecule has 2 N–H and O–H groups in total. The fourth-order valence-corrected chi connectivity index (χ4v) is 5.38. The quantitative estimate of drug-likeness (QED) is 0.199. The number of rotatable bonds is 15. The Morgan fingerprint density at radius 2 is 1.65 bits per heavy atom. The number of unbranched alkanes of at least 4 members (excludes halogenated alkanes) is 2. The van der Waals surface area contributed by atoms with Crippen LogP contribution in [0.25, 0.3) is 11.1 Å². The first kappa shape index (κ1) is 34.4. The SMILES string of the molecule is CCN(C)C(=O)c1ccc(NCCCCCC(=O)N(C)CCN2CCC(OC(=O)Nc3ccccc3-c3ccccc3)CC2)cn1. The number of aromatic nitrogens is 1. The number of para-hydroxylation sites is 1. The monoisotopic (exact) mass is 628 g/mol. The first-order valence-electron chi connectivity index (χ1n) is 16.4. The topological polar surface area (TPSA) is 107 Å². The lowest BCUT2D eigenvalue weighted by molar-refractivity contribution is -0.130. The van der Waals surface area contributed by atoms with Crippen LogP contribution in [0.4, 0.5) is 16.2 Å². The number of pyridine rings is 1. The largest absolute Gasteiger partial charge is 0.446 e. The standard InChI is InChI=1S/C36H48N6O4/c1-4-40(2)35(44)33-19-18-29(27-38-33)37-22-12-6-9-17-34(43)41(3)25-26-42-23-20-30(21-24-42)46-36(45)39-32-16-11-10-15-31(32)28-13-7-5-8-14-28/h5,7-8,10-11,13-16,18-19,27,30,37H,4,6,9,12,17,20-26H2,1-3H3,(H,39,45). The molecular weight excluding hydrogens is 580 g/mol. The average molecular weight is 629 g/mol. The van der Waals surface area contributed by atoms with E-state index in [0.717, 1.165) is 80.8 Å². The van der Waals surface area contributed by atoms with Gasteiger partial charge in [0.1, 0.15) is 11.8 Å². The van der Waals surface area contributed by atoms with Gasteiger partial charge in [0.2, 0.25) is 5.91 Å². The maximum atomic E-state index is 12.7. The van der Waals surface area contributed by atoms with E-state index in [9.17, 15) is 14.4 Å². The van der Waals surface area contributed by atoms with Gasteiger partial charge < -0.3 is 24.8 Å². The number of carbonyl (C=O) groups is 3. The molecule has 0 spiro atoms. The summed E-state index contributed by atoms with van der Waals surface area (Å²) < 4.78 is 5.76. The maximum Gasteiger partial charge on any atom is 0.411 e. The van der Waals surface area contributed by atoms with Crippen LogP contribution < -0.4 is 10.6 Å². The number of carbonyl (C=O) groups excluding carboxylic acids is 3. The predicted molar refractivity (Wildman–Crippen MR) is 183 cm³/mol. The number of hydrogen-bond donors (Lipinski definition) is 2. The molecule has 1 aliphatic rings. The second kappa shape index (κ2) is 17.9. The highest BCUT2D eigenvalue weighted by Crippen LogP contribution is 2.28. The molecule has 10 heteroatoms. The van der Waals surface area contributed by atoms with Crippen molar-refractivity contribution in [1.82, 2.24) is 19.7 Å². The molecule has 1 fully saturated rings. The van der Waals surface area contributed by atoms with Crippen molar-refractivity contribution in [3.8, 4) is 11.1 Å². The zero-order chi connectivity index (χ0) is 32.7. The molecule has 1 saturated heterocycles. The lowest BCUT2D eigenvalue weighted by Crippen LogP contribution is -2.42. The van der Waals surface area contributed by atoms with Gasteiger partial charge in [-0.2, -0.15) is 0 Å². The van der Waals surface area contributed by atoms with Crippen LogP contribution >= 0.6 is 0 Å². The van der Waals surface area contributed by atoms with Gasteiger partial charge in [0.25, 0.3) is 5.91 Å². The minimum atomic E-state index is -0.428. The zero-order valence-electron chi connectivity index (χ0n) is 27.4. The molecule has 0 bridgehead atoms. The number of likely N-dealkylation sites (tertiary alicyclic amines) is 1. The Morgan fingerprint density at radius 1 is 0.913 bits per heavy atom. The van der Waals surface area contributed by atoms with E-state index in [1.165, 1.54) is 0 Å². The first-order valence-corrected chi connectivity index (χ1v) is 16.4. The summed E-state index contributed by atoms with van der Waals surface area (Å²) in [5, 5.41) is 6.26. The van der Waals surface area contributed by atoms with Gasteiger partial charge in [-0.15, -0.1) is 0 Å². The van der Waals surface area contributed by atoms with Crippen molar-refractivity contribution in [3.63, 3.8) is 0 Å². The molecule has 46 heavy (non-hydrogen) atoms. The van der Waals surface area contributed by atoms with Gasteiger partial charge in [0.05, 0.1) is 17.6 Å². The fourth-order valence-electron chi connectivity index (χ4n) is 5.38. The van der Waals surface area contributed by atoms with Crippen LogP contribution in [0.5, 0.6) is 0 Å². The number of amides is 3. The number of hydrogen-bond acceptors (Lipinski definition) is 7. The van der Waals surface area contributed by atoms with Crippen molar-refractivity contribution < 1.29 is 19.1 Å². The number of likely N-dealkylation sites (N-methyl/N-ethyl adjacent to an activating group) is 1. The first-order chi connectivity index (χ1) is 22.3. The normalized spacial score (nSPS) is 13.5. The van der Waals surface area contributed by atoms with Gasteiger partial charge in [-0.3, -0.25) is 14.9 Å². The molecule has 3 aromatic rings. The van der Waals surface area contributed by atoms with Gasteiger partial charge >= 0.3 is 6.09 Å². The zero-order valence-corrected chi connectivity index (χ0v) is 27.4. The Balaban J connectivity index is 1.06. The number of ether oxygens (including phenoxy) is 1. The van der Waals surface area contributed by atoms with Crippen molar-refractivity contribution in [2.24, 2.45) is 0 Å². The molecule has 0 atom stereocenters. The van der Waals surface area contributed by atoms with Crippen LogP contribution in [0.15, 0.2) is 72.9 Å². The Kier molecular flexibility index (Phi) is 13.4. The van der Waals surface area contributed by atoms with Gasteiger partial charge in [-0.1, -0.05) is 55.0 Å². The number of nitrogens with zero attached hydrogens (tertiary/aromatic N) is 4. The molecule has 246 valence electrons. The third-order valence-electron chi connectivity index (χ3n) is 8.43. The van der Waals surface area contributed by atoms with E-state index in [1.807, 2.05) is 79.5 Å². The van der Waals surface area contributed by atoms with Crippen molar-refractivity contribution in [2.45, 2.75) is 51.6 Å². The number of benzene rings is 2. The van der Waals surface area contributed by atoms with Gasteiger partial charge in [0.15, 0.2) is 0 Å². The molecule has 3 amide bonds. The van der Waals surface area contributed by atoms with E-state index < -0.39 is 6.09 Å². The lowest BCUT2D eigenvalue weighted by Gasteiger charge is -2.32. The van der Waals surface area contributed by atoms with Crippen LogP contribution in [-0.2, 0) is 9.53 Å². The Morgan fingerprint density at radius 3 is 2.37 bits per heavy atom. The molecule has 0 saturated carbocycles. The highest BCUT2D eigenvalue weighted by Gasteiger charge is 2.23. The number of piperidine rings is 1. The van der Waals surface area contributed by atoms with Crippen LogP contribution in [0.1, 0.15) is 55.9 Å². The second-order valence-electron chi connectivity index (χ2n) is 11.8. The second-order valence-corrected chi connectivity index (χ2v) is 11.8. The van der Waals surface area contributed by atoms with Crippen molar-refractivity contribution >= 4 is 29.3 Å². The summed E-state index contributed by atoms with van der Waals surface area (Å²) in [6, 6.07) is 21.3. The van der Waals surface area contributed by atoms with E-state index in [0.29, 0.717) is 25.2 Å². The fraction of sp³-hybridized carbons (Fsp3) is 0.444. The summed E-state index contributed by atoms with van der Waals surface area (Å²) >= 11 is 0. The molecule has 10 nitrogen and oxygen atoms in total. The van der Waals surface area contributed by atoms with Crippen molar-refractivity contribution in [1.29, 1.82) is 0 Å². The highest BCUT2D eigenvalue weighted by molar-refractivity contribution is 5.92. The lowest BCUT2D eigenvalue weighted by atomic mass is 10.0. The minimum Gasteiger partial charge on any atom is -0.446 e. The van der Waals surface area contributed by atoms with E-state index in [2.05, 4.69) is 20.5 Å². The number of anilines is 2. The van der Waals surface area contributed by atoms with Gasteiger partial charge in [-0.25, -0.2) is 9.78 Å². The summed E-state index contributed by atoms with van der Waals surface area (Å²) in [6.45, 7) is 6.51. The van der Waals surface area contributed by atoms with E-state index in [4.69, 9.17) is 4.74 Å². The Hall–Kier alpha value is -4.44. The summed E-state index contributed by atoms with van der Waals surface area (Å²) in [5.41, 5.74) is 4.05. The molecule has 1 aliphatic heterocycles. The molecule has 2 aromatic carbocycles. The number of nitrogens with one attached hydrogen (secondary N) is 2. The molecule has 0 aliphatic carbocycles.